The van der Waals surface area contributed by atoms with Crippen molar-refractivity contribution in [3.8, 4) is 11.5 Å². The number of phenols is 2. The molecule has 16 heavy (non-hydrogen) atoms. The SMILES string of the molecule is CC(CCN)NC(=O)c1cccc(O)c1O. The number of carbonyl (C=O) groups excluding carboxylic acids is 1. The first-order valence-corrected chi connectivity index (χ1v) is 5.08. The molecule has 0 saturated heterocycles. The minimum atomic E-state index is -0.422. The van der Waals surface area contributed by atoms with E-state index in [-0.39, 0.29) is 17.4 Å². The maximum Gasteiger partial charge on any atom is 0.255 e. The van der Waals surface area contributed by atoms with E-state index in [0.717, 1.165) is 0 Å². The van der Waals surface area contributed by atoms with Gasteiger partial charge in [-0.15, -0.1) is 0 Å². The summed E-state index contributed by atoms with van der Waals surface area (Å²) in [7, 11) is 0. The van der Waals surface area contributed by atoms with Gasteiger partial charge in [0.25, 0.3) is 5.91 Å². The highest BCUT2D eigenvalue weighted by atomic mass is 16.3. The normalized spacial score (nSPS) is 12.1. The van der Waals surface area contributed by atoms with Gasteiger partial charge in [-0.3, -0.25) is 4.79 Å². The summed E-state index contributed by atoms with van der Waals surface area (Å²) in [5.41, 5.74) is 5.42. The van der Waals surface area contributed by atoms with Crippen molar-refractivity contribution < 1.29 is 15.0 Å². The van der Waals surface area contributed by atoms with E-state index in [4.69, 9.17) is 5.73 Å². The second kappa shape index (κ2) is 5.37. The highest BCUT2D eigenvalue weighted by Crippen LogP contribution is 2.27. The van der Waals surface area contributed by atoms with Gasteiger partial charge in [0.15, 0.2) is 11.5 Å². The van der Waals surface area contributed by atoms with Crippen LogP contribution in [0.15, 0.2) is 18.2 Å². The molecule has 0 aromatic heterocycles. The van der Waals surface area contributed by atoms with E-state index in [1.807, 2.05) is 6.92 Å². The lowest BCUT2D eigenvalue weighted by molar-refractivity contribution is 0.0935. The van der Waals surface area contributed by atoms with Crippen LogP contribution in [0.5, 0.6) is 11.5 Å². The number of benzene rings is 1. The van der Waals surface area contributed by atoms with Crippen LogP contribution in [0, 0.1) is 0 Å². The molecule has 0 aliphatic rings. The fraction of sp³-hybridized carbons (Fsp3) is 0.364. The van der Waals surface area contributed by atoms with E-state index in [0.29, 0.717) is 13.0 Å². The van der Waals surface area contributed by atoms with Gasteiger partial charge in [-0.2, -0.15) is 0 Å². The zero-order valence-corrected chi connectivity index (χ0v) is 9.10. The lowest BCUT2D eigenvalue weighted by atomic mass is 10.1. The van der Waals surface area contributed by atoms with Crippen molar-refractivity contribution in [3.63, 3.8) is 0 Å². The fourth-order valence-corrected chi connectivity index (χ4v) is 1.34. The Bertz CT molecular complexity index is 379. The van der Waals surface area contributed by atoms with Gasteiger partial charge in [-0.05, 0) is 32.0 Å². The summed E-state index contributed by atoms with van der Waals surface area (Å²) in [6.45, 7) is 2.30. The summed E-state index contributed by atoms with van der Waals surface area (Å²) in [5.74, 6) is -1.13. The molecule has 0 bridgehead atoms. The Balaban J connectivity index is 2.77. The topological polar surface area (TPSA) is 95.6 Å². The number of carbonyl (C=O) groups is 1. The number of aromatic hydroxyl groups is 2. The van der Waals surface area contributed by atoms with Crippen molar-refractivity contribution in [2.24, 2.45) is 5.73 Å². The largest absolute Gasteiger partial charge is 0.504 e. The Morgan fingerprint density at radius 3 is 2.81 bits per heavy atom. The molecule has 1 amide bonds. The molecular formula is C11H16N2O3. The third-order valence-corrected chi connectivity index (χ3v) is 2.24. The predicted octanol–water partition coefficient (Wildman–Crippen LogP) is 0.565. The number of nitrogens with two attached hydrogens (primary N) is 1. The quantitative estimate of drug-likeness (QED) is 0.562. The van der Waals surface area contributed by atoms with Crippen molar-refractivity contribution in [2.75, 3.05) is 6.54 Å². The molecule has 0 fully saturated rings. The first-order chi connectivity index (χ1) is 7.56. The summed E-state index contributed by atoms with van der Waals surface area (Å²) in [5, 5.41) is 21.4. The first kappa shape index (κ1) is 12.3. The fourth-order valence-electron chi connectivity index (χ4n) is 1.34. The van der Waals surface area contributed by atoms with Crippen LogP contribution in [-0.2, 0) is 0 Å². The van der Waals surface area contributed by atoms with Crippen molar-refractivity contribution in [2.45, 2.75) is 19.4 Å². The van der Waals surface area contributed by atoms with Crippen molar-refractivity contribution in [3.05, 3.63) is 23.8 Å². The van der Waals surface area contributed by atoms with E-state index in [2.05, 4.69) is 5.32 Å². The molecule has 5 N–H and O–H groups in total. The van der Waals surface area contributed by atoms with Crippen LogP contribution in [0.4, 0.5) is 0 Å². The molecule has 0 radical (unpaired) electrons. The van der Waals surface area contributed by atoms with Gasteiger partial charge in [0.1, 0.15) is 0 Å². The summed E-state index contributed by atoms with van der Waals surface area (Å²) in [4.78, 5) is 11.7. The van der Waals surface area contributed by atoms with Gasteiger partial charge in [-0.1, -0.05) is 6.07 Å². The van der Waals surface area contributed by atoms with Crippen molar-refractivity contribution >= 4 is 5.91 Å². The summed E-state index contributed by atoms with van der Waals surface area (Å²) in [6, 6.07) is 4.19. The third kappa shape index (κ3) is 2.87. The number of phenolic OH excluding ortho intramolecular Hbond substituents is 2. The smallest absolute Gasteiger partial charge is 0.255 e. The monoisotopic (exact) mass is 224 g/mol. The average Bonchev–Trinajstić information content (AvgIpc) is 2.22. The minimum Gasteiger partial charge on any atom is -0.504 e. The molecule has 0 aliphatic carbocycles. The third-order valence-electron chi connectivity index (χ3n) is 2.24. The summed E-state index contributed by atoms with van der Waals surface area (Å²) >= 11 is 0. The maximum atomic E-state index is 11.7. The molecule has 5 nitrogen and oxygen atoms in total. The van der Waals surface area contributed by atoms with Crippen LogP contribution >= 0.6 is 0 Å². The molecule has 0 heterocycles. The molecule has 0 aliphatic heterocycles. The van der Waals surface area contributed by atoms with Crippen molar-refractivity contribution in [1.29, 1.82) is 0 Å². The van der Waals surface area contributed by atoms with E-state index in [1.54, 1.807) is 0 Å². The predicted molar refractivity (Wildman–Crippen MR) is 60.4 cm³/mol. The minimum absolute atomic E-state index is 0.0591. The van der Waals surface area contributed by atoms with Gasteiger partial charge < -0.3 is 21.3 Å². The van der Waals surface area contributed by atoms with E-state index >= 15 is 0 Å². The first-order valence-electron chi connectivity index (χ1n) is 5.08. The van der Waals surface area contributed by atoms with Gasteiger partial charge in [0.2, 0.25) is 0 Å². The Morgan fingerprint density at radius 2 is 2.19 bits per heavy atom. The van der Waals surface area contributed by atoms with Crippen LogP contribution in [0.1, 0.15) is 23.7 Å². The lowest BCUT2D eigenvalue weighted by Crippen LogP contribution is -2.34. The molecular weight excluding hydrogens is 208 g/mol. The second-order valence-electron chi connectivity index (χ2n) is 3.63. The van der Waals surface area contributed by atoms with Crippen LogP contribution in [-0.4, -0.2) is 28.7 Å². The molecule has 1 rings (SSSR count). The van der Waals surface area contributed by atoms with Crippen molar-refractivity contribution in [1.82, 2.24) is 5.32 Å². The maximum absolute atomic E-state index is 11.7. The molecule has 0 saturated carbocycles. The average molecular weight is 224 g/mol. The van der Waals surface area contributed by atoms with E-state index < -0.39 is 11.7 Å². The molecule has 1 aromatic carbocycles. The Labute approximate surface area is 93.9 Å². The number of para-hydroxylation sites is 1. The summed E-state index contributed by atoms with van der Waals surface area (Å²) in [6.07, 6.45) is 0.658. The molecule has 0 spiro atoms. The molecule has 88 valence electrons. The number of amides is 1. The number of hydrogen-bond acceptors (Lipinski definition) is 4. The Hall–Kier alpha value is -1.75. The molecule has 5 heteroatoms. The van der Waals surface area contributed by atoms with E-state index in [9.17, 15) is 15.0 Å². The number of hydrogen-bond donors (Lipinski definition) is 4. The zero-order chi connectivity index (χ0) is 12.1. The van der Waals surface area contributed by atoms with E-state index in [1.165, 1.54) is 18.2 Å². The molecule has 1 unspecified atom stereocenters. The summed E-state index contributed by atoms with van der Waals surface area (Å²) < 4.78 is 0. The van der Waals surface area contributed by atoms with Gasteiger partial charge in [-0.25, -0.2) is 0 Å². The highest BCUT2D eigenvalue weighted by Gasteiger charge is 2.15. The molecule has 1 aromatic rings. The number of nitrogens with one attached hydrogen (secondary N) is 1. The molecule has 1 atom stereocenters. The van der Waals surface area contributed by atoms with Gasteiger partial charge >= 0.3 is 0 Å². The van der Waals surface area contributed by atoms with Crippen LogP contribution in [0.2, 0.25) is 0 Å². The highest BCUT2D eigenvalue weighted by molar-refractivity contribution is 5.97. The van der Waals surface area contributed by atoms with Gasteiger partial charge in [0.05, 0.1) is 5.56 Å². The lowest BCUT2D eigenvalue weighted by Gasteiger charge is -2.13. The standard InChI is InChI=1S/C11H16N2O3/c1-7(5-6-12)13-11(16)8-3-2-4-9(14)10(8)15/h2-4,7,14-15H,5-6,12H2,1H3,(H,13,16). The zero-order valence-electron chi connectivity index (χ0n) is 9.10. The van der Waals surface area contributed by atoms with Crippen LogP contribution in [0.25, 0.3) is 0 Å². The van der Waals surface area contributed by atoms with Crippen LogP contribution in [0.3, 0.4) is 0 Å². The van der Waals surface area contributed by atoms with Gasteiger partial charge in [0, 0.05) is 6.04 Å². The van der Waals surface area contributed by atoms with Crippen LogP contribution < -0.4 is 11.1 Å². The number of rotatable bonds is 4. The Morgan fingerprint density at radius 1 is 1.50 bits per heavy atom. The Kier molecular flexibility index (Phi) is 4.13. The second-order valence-corrected chi connectivity index (χ2v) is 3.63.